The first-order chi connectivity index (χ1) is 8.63. The highest BCUT2D eigenvalue weighted by Gasteiger charge is 2.31. The predicted octanol–water partition coefficient (Wildman–Crippen LogP) is -0.0230. The smallest absolute Gasteiger partial charge is 0.468 e. The van der Waals surface area contributed by atoms with E-state index in [4.69, 9.17) is 9.47 Å². The molecule has 1 aliphatic rings. The molecule has 0 aliphatic heterocycles. The normalized spacial score (nSPS) is 27.3. The van der Waals surface area contributed by atoms with E-state index < -0.39 is 24.5 Å². The molecule has 0 spiro atoms. The van der Waals surface area contributed by atoms with Crippen molar-refractivity contribution in [3.8, 4) is 0 Å². The van der Waals surface area contributed by atoms with Crippen LogP contribution < -0.4 is 0 Å². The maximum Gasteiger partial charge on any atom is 0.508 e. The van der Waals surface area contributed by atoms with Gasteiger partial charge in [0.25, 0.3) is 6.47 Å². The average molecular weight is 262 g/mol. The van der Waals surface area contributed by atoms with Crippen molar-refractivity contribution >= 4 is 12.6 Å². The van der Waals surface area contributed by atoms with Crippen molar-refractivity contribution in [3.63, 3.8) is 0 Å². The monoisotopic (exact) mass is 262 g/mol. The minimum absolute atomic E-state index is 0.0675. The van der Waals surface area contributed by atoms with Gasteiger partial charge in [0, 0.05) is 12.8 Å². The van der Waals surface area contributed by atoms with Crippen LogP contribution in [0.4, 0.5) is 4.79 Å². The van der Waals surface area contributed by atoms with Gasteiger partial charge in [-0.15, -0.1) is 0 Å². The van der Waals surface area contributed by atoms with E-state index in [-0.39, 0.29) is 19.6 Å². The summed E-state index contributed by atoms with van der Waals surface area (Å²) < 4.78 is 14.0. The van der Waals surface area contributed by atoms with E-state index in [0.29, 0.717) is 25.7 Å². The first-order valence-electron chi connectivity index (χ1n) is 5.88. The largest absolute Gasteiger partial charge is 0.508 e. The molecule has 1 fully saturated rings. The number of hydrogen-bond acceptors (Lipinski definition) is 7. The Morgan fingerprint density at radius 2 is 2.06 bits per heavy atom. The second-order valence-corrected chi connectivity index (χ2v) is 4.11. The molecule has 0 aromatic rings. The van der Waals surface area contributed by atoms with Crippen LogP contribution in [0.25, 0.3) is 0 Å². The molecule has 2 N–H and O–H groups in total. The zero-order valence-electron chi connectivity index (χ0n) is 9.99. The molecule has 7 nitrogen and oxygen atoms in total. The molecule has 18 heavy (non-hydrogen) atoms. The maximum atomic E-state index is 11.2. The molecule has 104 valence electrons. The van der Waals surface area contributed by atoms with Crippen LogP contribution in [0.5, 0.6) is 0 Å². The van der Waals surface area contributed by atoms with Crippen molar-refractivity contribution in [2.75, 3.05) is 13.2 Å². The van der Waals surface area contributed by atoms with Gasteiger partial charge in [0.2, 0.25) is 0 Å². The van der Waals surface area contributed by atoms with E-state index in [0.717, 1.165) is 0 Å². The van der Waals surface area contributed by atoms with E-state index in [1.807, 2.05) is 0 Å². The average Bonchev–Trinajstić information content (AvgIpc) is 2.33. The van der Waals surface area contributed by atoms with Crippen molar-refractivity contribution in [2.45, 2.75) is 44.0 Å². The summed E-state index contributed by atoms with van der Waals surface area (Å²) in [6.45, 7) is 0.553. The van der Waals surface area contributed by atoms with Gasteiger partial charge in [0.1, 0.15) is 6.10 Å². The lowest BCUT2D eigenvalue weighted by molar-refractivity contribution is -0.129. The number of ether oxygens (including phenoxy) is 3. The standard InChI is InChI=1S/C11H18O7/c12-7-16-4-1-5-17-11(15)18-10-6-8(13)2-3-9(10)14/h7-10,13-14H,1-6H2. The lowest BCUT2D eigenvalue weighted by atomic mass is 9.92. The summed E-state index contributed by atoms with van der Waals surface area (Å²) in [4.78, 5) is 21.1. The van der Waals surface area contributed by atoms with Gasteiger partial charge in [-0.3, -0.25) is 4.79 Å². The van der Waals surface area contributed by atoms with Crippen LogP contribution in [0.15, 0.2) is 0 Å². The van der Waals surface area contributed by atoms with Gasteiger partial charge in [-0.1, -0.05) is 0 Å². The molecule has 7 heteroatoms. The second kappa shape index (κ2) is 7.88. The molecule has 0 heterocycles. The van der Waals surface area contributed by atoms with Gasteiger partial charge in [0.05, 0.1) is 25.4 Å². The van der Waals surface area contributed by atoms with Crippen molar-refractivity contribution < 1.29 is 34.0 Å². The fourth-order valence-corrected chi connectivity index (χ4v) is 1.72. The Bertz CT molecular complexity index is 268. The molecule has 0 bridgehead atoms. The SMILES string of the molecule is O=COCCCOC(=O)OC1CC(O)CCC1O. The van der Waals surface area contributed by atoms with Crippen LogP contribution in [0.2, 0.25) is 0 Å². The topological polar surface area (TPSA) is 102 Å². The van der Waals surface area contributed by atoms with Crippen LogP contribution in [-0.2, 0) is 19.0 Å². The molecular weight excluding hydrogens is 244 g/mol. The molecule has 0 radical (unpaired) electrons. The minimum Gasteiger partial charge on any atom is -0.468 e. The highest BCUT2D eigenvalue weighted by molar-refractivity contribution is 5.60. The van der Waals surface area contributed by atoms with E-state index >= 15 is 0 Å². The number of carbonyl (C=O) groups excluding carboxylic acids is 2. The third-order valence-electron chi connectivity index (χ3n) is 2.67. The van der Waals surface area contributed by atoms with Crippen LogP contribution >= 0.6 is 0 Å². The second-order valence-electron chi connectivity index (χ2n) is 4.11. The molecule has 0 amide bonds. The fourth-order valence-electron chi connectivity index (χ4n) is 1.72. The summed E-state index contributed by atoms with van der Waals surface area (Å²) in [5, 5.41) is 19.0. The Morgan fingerprint density at radius 3 is 2.78 bits per heavy atom. The zero-order valence-corrected chi connectivity index (χ0v) is 9.99. The molecule has 1 saturated carbocycles. The third kappa shape index (κ3) is 5.33. The summed E-state index contributed by atoms with van der Waals surface area (Å²) in [5.74, 6) is 0. The van der Waals surface area contributed by atoms with E-state index in [1.165, 1.54) is 0 Å². The van der Waals surface area contributed by atoms with Gasteiger partial charge in [-0.05, 0) is 12.8 Å². The van der Waals surface area contributed by atoms with Crippen molar-refractivity contribution in [1.82, 2.24) is 0 Å². The van der Waals surface area contributed by atoms with Gasteiger partial charge < -0.3 is 24.4 Å². The molecule has 3 unspecified atom stereocenters. The van der Waals surface area contributed by atoms with Crippen LogP contribution in [0, 0.1) is 0 Å². The molecule has 3 atom stereocenters. The third-order valence-corrected chi connectivity index (χ3v) is 2.67. The molecular formula is C11H18O7. The van der Waals surface area contributed by atoms with Gasteiger partial charge in [-0.2, -0.15) is 0 Å². The predicted molar refractivity (Wildman–Crippen MR) is 58.7 cm³/mol. The summed E-state index contributed by atoms with van der Waals surface area (Å²) in [5.41, 5.74) is 0. The number of rotatable bonds is 6. The van der Waals surface area contributed by atoms with E-state index in [9.17, 15) is 19.8 Å². The Hall–Kier alpha value is -1.34. The number of hydrogen-bond donors (Lipinski definition) is 2. The Morgan fingerprint density at radius 1 is 1.28 bits per heavy atom. The minimum atomic E-state index is -0.890. The number of carbonyl (C=O) groups is 2. The van der Waals surface area contributed by atoms with Crippen molar-refractivity contribution in [2.24, 2.45) is 0 Å². The quantitative estimate of drug-likeness (QED) is 0.394. The summed E-state index contributed by atoms with van der Waals surface area (Å²) >= 11 is 0. The Balaban J connectivity index is 2.16. The number of aliphatic hydroxyl groups excluding tert-OH is 2. The van der Waals surface area contributed by atoms with Crippen molar-refractivity contribution in [1.29, 1.82) is 0 Å². The summed E-state index contributed by atoms with van der Waals surface area (Å²) in [6, 6.07) is 0. The van der Waals surface area contributed by atoms with Crippen LogP contribution in [-0.4, -0.2) is 54.4 Å². The van der Waals surface area contributed by atoms with E-state index in [2.05, 4.69) is 4.74 Å². The molecule has 1 rings (SSSR count). The molecule has 0 aromatic heterocycles. The lowest BCUT2D eigenvalue weighted by Gasteiger charge is -2.29. The fraction of sp³-hybridized carbons (Fsp3) is 0.818. The first kappa shape index (κ1) is 14.7. The Kier molecular flexibility index (Phi) is 6.45. The lowest BCUT2D eigenvalue weighted by Crippen LogP contribution is -2.39. The highest BCUT2D eigenvalue weighted by Crippen LogP contribution is 2.22. The molecule has 1 aliphatic carbocycles. The van der Waals surface area contributed by atoms with E-state index in [1.54, 1.807) is 0 Å². The maximum absolute atomic E-state index is 11.2. The summed E-state index contributed by atoms with van der Waals surface area (Å²) in [7, 11) is 0. The summed E-state index contributed by atoms with van der Waals surface area (Å²) in [6.07, 6.45) is -1.46. The highest BCUT2D eigenvalue weighted by atomic mass is 16.7. The van der Waals surface area contributed by atoms with Crippen molar-refractivity contribution in [3.05, 3.63) is 0 Å². The van der Waals surface area contributed by atoms with Crippen LogP contribution in [0.1, 0.15) is 25.7 Å². The van der Waals surface area contributed by atoms with Gasteiger partial charge >= 0.3 is 6.16 Å². The van der Waals surface area contributed by atoms with Gasteiger partial charge in [0.15, 0.2) is 0 Å². The first-order valence-corrected chi connectivity index (χ1v) is 5.88. The zero-order chi connectivity index (χ0) is 13.4. The Labute approximate surface area is 105 Å². The van der Waals surface area contributed by atoms with Crippen LogP contribution in [0.3, 0.4) is 0 Å². The number of aliphatic hydroxyl groups is 2. The van der Waals surface area contributed by atoms with Gasteiger partial charge in [-0.25, -0.2) is 4.79 Å². The molecule has 0 aromatic carbocycles. The molecule has 0 saturated heterocycles.